The molecule has 0 atom stereocenters. The summed E-state index contributed by atoms with van der Waals surface area (Å²) in [4.78, 5) is 4.26. The predicted octanol–water partition coefficient (Wildman–Crippen LogP) is 3.42. The Morgan fingerprint density at radius 2 is 2.20 bits per heavy atom. The minimum atomic E-state index is 0.575. The summed E-state index contributed by atoms with van der Waals surface area (Å²) in [6.45, 7) is 1.89. The van der Waals surface area contributed by atoms with Gasteiger partial charge in [-0.05, 0) is 25.1 Å². The number of aryl methyl sites for hydroxylation is 1. The van der Waals surface area contributed by atoms with Gasteiger partial charge in [-0.25, -0.2) is 4.98 Å². The van der Waals surface area contributed by atoms with Crippen molar-refractivity contribution < 1.29 is 9.15 Å². The molecule has 0 unspecified atom stereocenters. The maximum atomic E-state index is 5.34. The van der Waals surface area contributed by atoms with E-state index in [4.69, 9.17) is 9.15 Å². The van der Waals surface area contributed by atoms with E-state index in [2.05, 4.69) is 20.9 Å². The third-order valence-corrected chi connectivity index (χ3v) is 2.50. The van der Waals surface area contributed by atoms with E-state index in [-0.39, 0.29) is 0 Å². The normalized spacial score (nSPS) is 10.3. The first-order valence-corrected chi connectivity index (χ1v) is 5.26. The van der Waals surface area contributed by atoms with Crippen LogP contribution in [-0.2, 0) is 0 Å². The lowest BCUT2D eigenvalue weighted by molar-refractivity contribution is 0.414. The van der Waals surface area contributed by atoms with Crippen LogP contribution in [0.15, 0.2) is 33.4 Å². The minimum Gasteiger partial charge on any atom is -0.496 e. The highest BCUT2D eigenvalue weighted by Crippen LogP contribution is 2.31. The number of rotatable bonds is 2. The van der Waals surface area contributed by atoms with Gasteiger partial charge in [0.1, 0.15) is 12.0 Å². The lowest BCUT2D eigenvalue weighted by Gasteiger charge is -2.05. The Hall–Kier alpha value is -1.29. The summed E-state index contributed by atoms with van der Waals surface area (Å²) in [5.41, 5.74) is 1.70. The molecule has 2 aromatic rings. The Bertz CT molecular complexity index is 479. The second-order valence-electron chi connectivity index (χ2n) is 3.14. The summed E-state index contributed by atoms with van der Waals surface area (Å²) in [6, 6.07) is 5.71. The second-order valence-corrected chi connectivity index (χ2v) is 4.05. The topological polar surface area (TPSA) is 35.3 Å². The van der Waals surface area contributed by atoms with Crippen molar-refractivity contribution in [1.82, 2.24) is 4.98 Å². The van der Waals surface area contributed by atoms with Gasteiger partial charge in [0.05, 0.1) is 18.4 Å². The summed E-state index contributed by atoms with van der Waals surface area (Å²) in [5.74, 6) is 1.32. The van der Waals surface area contributed by atoms with Crippen LogP contribution in [-0.4, -0.2) is 12.1 Å². The Labute approximate surface area is 96.2 Å². The molecular formula is C11H10BrNO2. The quantitative estimate of drug-likeness (QED) is 0.837. The van der Waals surface area contributed by atoms with Crippen LogP contribution in [0, 0.1) is 6.92 Å². The van der Waals surface area contributed by atoms with Crippen molar-refractivity contribution in [1.29, 1.82) is 0 Å². The van der Waals surface area contributed by atoms with E-state index in [0.717, 1.165) is 21.5 Å². The number of benzene rings is 1. The van der Waals surface area contributed by atoms with E-state index in [1.807, 2.05) is 25.1 Å². The molecule has 0 bridgehead atoms. The Morgan fingerprint density at radius 3 is 2.80 bits per heavy atom. The number of methoxy groups -OCH3 is 1. The summed E-state index contributed by atoms with van der Waals surface area (Å²) in [7, 11) is 1.63. The van der Waals surface area contributed by atoms with Gasteiger partial charge < -0.3 is 9.15 Å². The van der Waals surface area contributed by atoms with Gasteiger partial charge in [0.25, 0.3) is 0 Å². The molecule has 0 N–H and O–H groups in total. The van der Waals surface area contributed by atoms with Gasteiger partial charge in [-0.1, -0.05) is 15.9 Å². The molecule has 0 saturated carbocycles. The first kappa shape index (κ1) is 10.2. The van der Waals surface area contributed by atoms with Gasteiger partial charge in [-0.15, -0.1) is 0 Å². The molecule has 0 radical (unpaired) electrons. The van der Waals surface area contributed by atoms with Crippen LogP contribution < -0.4 is 4.74 Å². The van der Waals surface area contributed by atoms with Crippen LogP contribution in [0.25, 0.3) is 11.5 Å². The summed E-state index contributed by atoms with van der Waals surface area (Å²) in [6.07, 6.45) is 1.62. The zero-order valence-corrected chi connectivity index (χ0v) is 10.0. The second kappa shape index (κ2) is 4.06. The van der Waals surface area contributed by atoms with E-state index in [0.29, 0.717) is 5.89 Å². The molecule has 3 nitrogen and oxygen atoms in total. The van der Waals surface area contributed by atoms with Gasteiger partial charge in [0.15, 0.2) is 0 Å². The summed E-state index contributed by atoms with van der Waals surface area (Å²) < 4.78 is 11.5. The third-order valence-electron chi connectivity index (χ3n) is 2.01. The first-order valence-electron chi connectivity index (χ1n) is 4.47. The van der Waals surface area contributed by atoms with Crippen molar-refractivity contribution in [3.05, 3.63) is 34.6 Å². The molecule has 0 aliphatic rings. The van der Waals surface area contributed by atoms with Crippen molar-refractivity contribution >= 4 is 15.9 Å². The minimum absolute atomic E-state index is 0.575. The van der Waals surface area contributed by atoms with Crippen molar-refractivity contribution in [3.8, 4) is 17.2 Å². The van der Waals surface area contributed by atoms with Crippen molar-refractivity contribution in [2.75, 3.05) is 7.11 Å². The van der Waals surface area contributed by atoms with Crippen LogP contribution in [0.2, 0.25) is 0 Å². The van der Waals surface area contributed by atoms with E-state index in [1.54, 1.807) is 13.4 Å². The largest absolute Gasteiger partial charge is 0.496 e. The van der Waals surface area contributed by atoms with Crippen LogP contribution in [0.1, 0.15) is 5.69 Å². The fourth-order valence-electron chi connectivity index (χ4n) is 1.33. The molecule has 15 heavy (non-hydrogen) atoms. The van der Waals surface area contributed by atoms with E-state index >= 15 is 0 Å². The lowest BCUT2D eigenvalue weighted by atomic mass is 10.2. The molecule has 4 heteroatoms. The van der Waals surface area contributed by atoms with Gasteiger partial charge in [-0.3, -0.25) is 0 Å². The molecule has 1 aromatic heterocycles. The van der Waals surface area contributed by atoms with Gasteiger partial charge in [-0.2, -0.15) is 0 Å². The van der Waals surface area contributed by atoms with Crippen molar-refractivity contribution in [3.63, 3.8) is 0 Å². The molecular weight excluding hydrogens is 258 g/mol. The zero-order chi connectivity index (χ0) is 10.8. The fraction of sp³-hybridized carbons (Fsp3) is 0.182. The number of aromatic nitrogens is 1. The number of halogens is 1. The molecule has 2 rings (SSSR count). The maximum Gasteiger partial charge on any atom is 0.229 e. The number of hydrogen-bond donors (Lipinski definition) is 0. The number of ether oxygens (including phenoxy) is 1. The average molecular weight is 268 g/mol. The smallest absolute Gasteiger partial charge is 0.229 e. The standard InChI is InChI=1S/C11H10BrNO2/c1-7-6-15-11(13-7)9-5-8(12)3-4-10(9)14-2/h3-6H,1-2H3. The van der Waals surface area contributed by atoms with Crippen LogP contribution in [0.5, 0.6) is 5.75 Å². The molecule has 0 spiro atoms. The monoisotopic (exact) mass is 267 g/mol. The van der Waals surface area contributed by atoms with E-state index in [9.17, 15) is 0 Å². The average Bonchev–Trinajstić information content (AvgIpc) is 2.65. The van der Waals surface area contributed by atoms with Crippen molar-refractivity contribution in [2.45, 2.75) is 6.92 Å². The van der Waals surface area contributed by atoms with E-state index in [1.165, 1.54) is 0 Å². The lowest BCUT2D eigenvalue weighted by Crippen LogP contribution is -1.88. The van der Waals surface area contributed by atoms with E-state index < -0.39 is 0 Å². The molecule has 78 valence electrons. The third kappa shape index (κ3) is 2.04. The number of nitrogens with zero attached hydrogens (tertiary/aromatic N) is 1. The predicted molar refractivity (Wildman–Crippen MR) is 60.9 cm³/mol. The number of oxazole rings is 1. The maximum absolute atomic E-state index is 5.34. The molecule has 0 aliphatic carbocycles. The highest BCUT2D eigenvalue weighted by molar-refractivity contribution is 9.10. The molecule has 0 fully saturated rings. The van der Waals surface area contributed by atoms with Crippen LogP contribution in [0.4, 0.5) is 0 Å². The summed E-state index contributed by atoms with van der Waals surface area (Å²) in [5, 5.41) is 0. The molecule has 1 heterocycles. The van der Waals surface area contributed by atoms with Gasteiger partial charge in [0, 0.05) is 4.47 Å². The zero-order valence-electron chi connectivity index (χ0n) is 8.45. The van der Waals surface area contributed by atoms with Crippen LogP contribution in [0.3, 0.4) is 0 Å². The van der Waals surface area contributed by atoms with Crippen molar-refractivity contribution in [2.24, 2.45) is 0 Å². The first-order chi connectivity index (χ1) is 7.20. The van der Waals surface area contributed by atoms with Gasteiger partial charge >= 0.3 is 0 Å². The highest BCUT2D eigenvalue weighted by Gasteiger charge is 2.11. The fourth-order valence-corrected chi connectivity index (χ4v) is 1.69. The summed E-state index contributed by atoms with van der Waals surface area (Å²) >= 11 is 3.40. The van der Waals surface area contributed by atoms with Crippen LogP contribution >= 0.6 is 15.9 Å². The number of hydrogen-bond acceptors (Lipinski definition) is 3. The highest BCUT2D eigenvalue weighted by atomic mass is 79.9. The van der Waals surface area contributed by atoms with Gasteiger partial charge in [0.2, 0.25) is 5.89 Å². The Kier molecular flexibility index (Phi) is 2.77. The molecule has 1 aromatic carbocycles. The molecule has 0 aliphatic heterocycles. The Balaban J connectivity index is 2.55. The molecule has 0 amide bonds. The SMILES string of the molecule is COc1ccc(Br)cc1-c1nc(C)co1. The molecule has 0 saturated heterocycles. The Morgan fingerprint density at radius 1 is 1.40 bits per heavy atom.